The first kappa shape index (κ1) is 13.0. The third-order valence-corrected chi connectivity index (χ3v) is 3.83. The van der Waals surface area contributed by atoms with Crippen LogP contribution in [0.2, 0.25) is 0 Å². The van der Waals surface area contributed by atoms with Crippen molar-refractivity contribution >= 4 is 53.0 Å². The summed E-state index contributed by atoms with van der Waals surface area (Å²) < 4.78 is -1.54. The molecule has 0 aliphatic heterocycles. The molecule has 0 fully saturated rings. The van der Waals surface area contributed by atoms with Crippen molar-refractivity contribution in [1.82, 2.24) is 5.32 Å². The first-order valence-electron chi connectivity index (χ1n) is 4.02. The average molecular weight is 285 g/mol. The number of benzene rings is 1. The number of hydrogen-bond donors (Lipinski definition) is 1. The van der Waals surface area contributed by atoms with Crippen LogP contribution in [0.1, 0.15) is 0 Å². The summed E-state index contributed by atoms with van der Waals surface area (Å²) in [7, 11) is 0. The van der Waals surface area contributed by atoms with Crippen LogP contribution in [-0.2, 0) is 4.79 Å². The Morgan fingerprint density at radius 1 is 1.27 bits per heavy atom. The zero-order valence-electron chi connectivity index (χ0n) is 7.49. The molecule has 0 radical (unpaired) electrons. The molecule has 1 atom stereocenters. The molecular weight excluding hydrogens is 277 g/mol. The fourth-order valence-electron chi connectivity index (χ4n) is 0.892. The highest BCUT2D eigenvalue weighted by Gasteiger charge is 2.33. The smallest absolute Gasteiger partial charge is 0.220 e. The van der Waals surface area contributed by atoms with Crippen molar-refractivity contribution in [2.75, 3.05) is 0 Å². The normalized spacial score (nSPS) is 13.3. The second-order valence-corrected chi connectivity index (χ2v) is 6.18. The van der Waals surface area contributed by atoms with Gasteiger partial charge in [0.2, 0.25) is 10.2 Å². The molecule has 1 unspecified atom stereocenters. The molecule has 0 saturated heterocycles. The van der Waals surface area contributed by atoms with E-state index in [0.29, 0.717) is 6.41 Å². The first-order chi connectivity index (χ1) is 7.04. The van der Waals surface area contributed by atoms with Gasteiger partial charge in [0.05, 0.1) is 0 Å². The van der Waals surface area contributed by atoms with E-state index in [4.69, 9.17) is 34.8 Å². The predicted molar refractivity (Wildman–Crippen MR) is 65.6 cm³/mol. The second-order valence-electron chi connectivity index (χ2n) is 2.64. The Morgan fingerprint density at radius 2 is 1.87 bits per heavy atom. The van der Waals surface area contributed by atoms with Crippen LogP contribution < -0.4 is 5.32 Å². The van der Waals surface area contributed by atoms with Gasteiger partial charge in [-0.05, 0) is 12.1 Å². The number of carbonyl (C=O) groups is 1. The van der Waals surface area contributed by atoms with E-state index < -0.39 is 9.17 Å². The van der Waals surface area contributed by atoms with Gasteiger partial charge in [-0.15, -0.1) is 0 Å². The summed E-state index contributed by atoms with van der Waals surface area (Å²) in [6.45, 7) is 0. The summed E-state index contributed by atoms with van der Waals surface area (Å²) in [6, 6.07) is 9.39. The molecule has 0 aliphatic rings. The van der Waals surface area contributed by atoms with Crippen molar-refractivity contribution in [3.8, 4) is 0 Å². The Labute approximate surface area is 107 Å². The molecule has 0 bridgehead atoms. The van der Waals surface area contributed by atoms with E-state index >= 15 is 0 Å². The highest BCUT2D eigenvalue weighted by atomic mass is 35.6. The van der Waals surface area contributed by atoms with Crippen LogP contribution in [0.25, 0.3) is 0 Å². The van der Waals surface area contributed by atoms with Crippen molar-refractivity contribution in [1.29, 1.82) is 0 Å². The van der Waals surface area contributed by atoms with Crippen LogP contribution in [0.15, 0.2) is 35.2 Å². The number of hydrogen-bond acceptors (Lipinski definition) is 2. The Morgan fingerprint density at radius 3 is 2.33 bits per heavy atom. The molecule has 6 heteroatoms. The summed E-state index contributed by atoms with van der Waals surface area (Å²) in [5.74, 6) is 0. The molecule has 0 aliphatic carbocycles. The van der Waals surface area contributed by atoms with Crippen molar-refractivity contribution in [3.63, 3.8) is 0 Å². The lowest BCUT2D eigenvalue weighted by molar-refractivity contribution is -0.109. The Balaban J connectivity index is 2.71. The molecule has 0 aromatic heterocycles. The van der Waals surface area contributed by atoms with Crippen LogP contribution >= 0.6 is 46.6 Å². The number of nitrogens with one attached hydrogen (secondary N) is 1. The van der Waals surface area contributed by atoms with Gasteiger partial charge in [-0.2, -0.15) is 0 Å². The van der Waals surface area contributed by atoms with Crippen molar-refractivity contribution in [2.24, 2.45) is 0 Å². The van der Waals surface area contributed by atoms with Crippen LogP contribution in [0.4, 0.5) is 0 Å². The third-order valence-electron chi connectivity index (χ3n) is 1.51. The SMILES string of the molecule is O=CNC(Sc1ccccc1)C(Cl)(Cl)Cl. The van der Waals surface area contributed by atoms with E-state index in [9.17, 15) is 4.79 Å². The molecule has 15 heavy (non-hydrogen) atoms. The molecule has 1 amide bonds. The maximum Gasteiger partial charge on any atom is 0.220 e. The zero-order chi connectivity index (χ0) is 11.3. The standard InChI is InChI=1S/C9H8Cl3NOS/c10-9(11,12)8(13-6-14)15-7-4-2-1-3-5-7/h1-6,8H,(H,13,14). The minimum absolute atomic E-state index is 0.516. The maximum atomic E-state index is 10.4. The van der Waals surface area contributed by atoms with Gasteiger partial charge in [-0.25, -0.2) is 0 Å². The molecule has 1 aromatic rings. The second kappa shape index (κ2) is 5.85. The van der Waals surface area contributed by atoms with E-state index in [1.807, 2.05) is 30.3 Å². The average Bonchev–Trinajstić information content (AvgIpc) is 2.17. The number of halogens is 3. The number of amides is 1. The van der Waals surface area contributed by atoms with Crippen LogP contribution in [0.5, 0.6) is 0 Å². The zero-order valence-corrected chi connectivity index (χ0v) is 10.6. The van der Waals surface area contributed by atoms with Gasteiger partial charge >= 0.3 is 0 Å². The van der Waals surface area contributed by atoms with E-state index in [1.54, 1.807) is 0 Å². The minimum Gasteiger partial charge on any atom is -0.342 e. The lowest BCUT2D eigenvalue weighted by Gasteiger charge is -2.22. The Hall–Kier alpha value is -0.0900. The van der Waals surface area contributed by atoms with Crippen LogP contribution in [0, 0.1) is 0 Å². The Bertz CT molecular complexity index is 315. The van der Waals surface area contributed by atoms with Gasteiger partial charge < -0.3 is 5.32 Å². The summed E-state index contributed by atoms with van der Waals surface area (Å²) in [5, 5.41) is 1.85. The van der Waals surface area contributed by atoms with Crippen LogP contribution in [0.3, 0.4) is 0 Å². The summed E-state index contributed by atoms with van der Waals surface area (Å²) >= 11 is 18.4. The lowest BCUT2D eigenvalue weighted by atomic mass is 10.4. The molecule has 0 spiro atoms. The maximum absolute atomic E-state index is 10.4. The fourth-order valence-corrected chi connectivity index (χ4v) is 2.33. The molecule has 1 aromatic carbocycles. The van der Waals surface area contributed by atoms with E-state index in [0.717, 1.165) is 4.90 Å². The van der Waals surface area contributed by atoms with Gasteiger partial charge in [0, 0.05) is 4.90 Å². The molecule has 0 saturated carbocycles. The van der Waals surface area contributed by atoms with E-state index in [-0.39, 0.29) is 0 Å². The highest BCUT2D eigenvalue weighted by molar-refractivity contribution is 8.00. The molecule has 82 valence electrons. The monoisotopic (exact) mass is 283 g/mol. The lowest BCUT2D eigenvalue weighted by Crippen LogP contribution is -2.36. The molecule has 0 heterocycles. The topological polar surface area (TPSA) is 29.1 Å². The number of rotatable bonds is 4. The van der Waals surface area contributed by atoms with Gasteiger partial charge in [-0.1, -0.05) is 64.8 Å². The largest absolute Gasteiger partial charge is 0.342 e. The fraction of sp³-hybridized carbons (Fsp3) is 0.222. The van der Waals surface area contributed by atoms with Crippen molar-refractivity contribution < 1.29 is 4.79 Å². The predicted octanol–water partition coefficient (Wildman–Crippen LogP) is 3.22. The molecule has 1 N–H and O–H groups in total. The Kier molecular flexibility index (Phi) is 5.06. The molecule has 1 rings (SSSR count). The van der Waals surface area contributed by atoms with Gasteiger partial charge in [0.25, 0.3) is 0 Å². The molecule has 2 nitrogen and oxygen atoms in total. The summed E-state index contributed by atoms with van der Waals surface area (Å²) in [6.07, 6.45) is 0.516. The highest BCUT2D eigenvalue weighted by Crippen LogP contribution is 2.38. The number of carbonyl (C=O) groups excluding carboxylic acids is 1. The van der Waals surface area contributed by atoms with Gasteiger partial charge in [-0.3, -0.25) is 4.79 Å². The summed E-state index contributed by atoms with van der Waals surface area (Å²) in [4.78, 5) is 11.3. The summed E-state index contributed by atoms with van der Waals surface area (Å²) in [5.41, 5.74) is 0. The number of alkyl halides is 3. The third kappa shape index (κ3) is 4.51. The van der Waals surface area contributed by atoms with Crippen molar-refractivity contribution in [3.05, 3.63) is 30.3 Å². The van der Waals surface area contributed by atoms with E-state index in [1.165, 1.54) is 11.8 Å². The van der Waals surface area contributed by atoms with Gasteiger partial charge in [0.15, 0.2) is 0 Å². The number of thioether (sulfide) groups is 1. The molecular formula is C9H8Cl3NOS. The first-order valence-corrected chi connectivity index (χ1v) is 6.03. The van der Waals surface area contributed by atoms with E-state index in [2.05, 4.69) is 5.32 Å². The van der Waals surface area contributed by atoms with Crippen molar-refractivity contribution in [2.45, 2.75) is 14.1 Å². The quantitative estimate of drug-likeness (QED) is 0.398. The van der Waals surface area contributed by atoms with Gasteiger partial charge in [0.1, 0.15) is 5.37 Å². The minimum atomic E-state index is -1.54. The van der Waals surface area contributed by atoms with Crippen LogP contribution in [-0.4, -0.2) is 15.6 Å².